The first-order chi connectivity index (χ1) is 12.4. The summed E-state index contributed by atoms with van der Waals surface area (Å²) in [6.45, 7) is 4.19. The van der Waals surface area contributed by atoms with E-state index in [9.17, 15) is 9.18 Å². The van der Waals surface area contributed by atoms with E-state index in [1.165, 1.54) is 12.1 Å². The number of aromatic nitrogens is 2. The molecule has 0 radical (unpaired) electrons. The lowest BCUT2D eigenvalue weighted by atomic mass is 10.1. The SMILES string of the molecule is Cc1nn(-c2ccc(F)cc2)c(C)c1CC(=O)NCc1cccc(Cl)c1. The van der Waals surface area contributed by atoms with Crippen LogP contribution in [0.5, 0.6) is 0 Å². The lowest BCUT2D eigenvalue weighted by Gasteiger charge is -2.07. The van der Waals surface area contributed by atoms with E-state index in [0.717, 1.165) is 28.2 Å². The fourth-order valence-corrected chi connectivity index (χ4v) is 3.05. The number of nitrogens with one attached hydrogen (secondary N) is 1. The Morgan fingerprint density at radius 1 is 1.19 bits per heavy atom. The average Bonchev–Trinajstić information content (AvgIpc) is 2.89. The zero-order valence-corrected chi connectivity index (χ0v) is 15.3. The molecule has 1 amide bonds. The highest BCUT2D eigenvalue weighted by atomic mass is 35.5. The molecule has 4 nitrogen and oxygen atoms in total. The number of hydrogen-bond donors (Lipinski definition) is 1. The Morgan fingerprint density at radius 2 is 1.92 bits per heavy atom. The van der Waals surface area contributed by atoms with Gasteiger partial charge >= 0.3 is 0 Å². The molecule has 6 heteroatoms. The highest BCUT2D eigenvalue weighted by molar-refractivity contribution is 6.30. The quantitative estimate of drug-likeness (QED) is 0.732. The summed E-state index contributed by atoms with van der Waals surface area (Å²) in [6, 6.07) is 13.5. The van der Waals surface area contributed by atoms with Gasteiger partial charge in [0.1, 0.15) is 5.82 Å². The van der Waals surface area contributed by atoms with Crippen LogP contribution < -0.4 is 5.32 Å². The topological polar surface area (TPSA) is 46.9 Å². The molecule has 1 heterocycles. The number of rotatable bonds is 5. The van der Waals surface area contributed by atoms with Crippen LogP contribution in [0.3, 0.4) is 0 Å². The van der Waals surface area contributed by atoms with Gasteiger partial charge in [-0.25, -0.2) is 9.07 Å². The third kappa shape index (κ3) is 4.11. The van der Waals surface area contributed by atoms with Crippen molar-refractivity contribution in [3.63, 3.8) is 0 Å². The number of carbonyl (C=O) groups is 1. The zero-order valence-electron chi connectivity index (χ0n) is 14.6. The minimum Gasteiger partial charge on any atom is -0.352 e. The highest BCUT2D eigenvalue weighted by Gasteiger charge is 2.16. The van der Waals surface area contributed by atoms with Gasteiger partial charge < -0.3 is 5.32 Å². The van der Waals surface area contributed by atoms with Crippen molar-refractivity contribution in [2.45, 2.75) is 26.8 Å². The first-order valence-corrected chi connectivity index (χ1v) is 8.64. The van der Waals surface area contributed by atoms with Gasteiger partial charge in [0.2, 0.25) is 5.91 Å². The number of carbonyl (C=O) groups excluding carboxylic acids is 1. The second-order valence-electron chi connectivity index (χ2n) is 6.12. The van der Waals surface area contributed by atoms with Crippen LogP contribution in [0.15, 0.2) is 48.5 Å². The number of nitrogens with zero attached hydrogens (tertiary/aromatic N) is 2. The Hall–Kier alpha value is -2.66. The molecule has 26 heavy (non-hydrogen) atoms. The van der Waals surface area contributed by atoms with E-state index in [1.54, 1.807) is 22.9 Å². The third-order valence-corrected chi connectivity index (χ3v) is 4.46. The summed E-state index contributed by atoms with van der Waals surface area (Å²) in [5, 5.41) is 8.03. The number of aryl methyl sites for hydroxylation is 1. The van der Waals surface area contributed by atoms with Gasteiger partial charge in [-0.2, -0.15) is 5.10 Å². The van der Waals surface area contributed by atoms with Gasteiger partial charge in [0.15, 0.2) is 0 Å². The van der Waals surface area contributed by atoms with E-state index in [1.807, 2.05) is 32.0 Å². The second kappa shape index (κ2) is 7.70. The van der Waals surface area contributed by atoms with Crippen molar-refractivity contribution in [2.75, 3.05) is 0 Å². The summed E-state index contributed by atoms with van der Waals surface area (Å²) in [7, 11) is 0. The van der Waals surface area contributed by atoms with Crippen LogP contribution in [0.4, 0.5) is 4.39 Å². The van der Waals surface area contributed by atoms with Crippen LogP contribution in [0.25, 0.3) is 5.69 Å². The predicted octanol–water partition coefficient (Wildman–Crippen LogP) is 4.14. The van der Waals surface area contributed by atoms with Crippen molar-refractivity contribution in [1.82, 2.24) is 15.1 Å². The fourth-order valence-electron chi connectivity index (χ4n) is 2.84. The molecule has 0 atom stereocenters. The average molecular weight is 372 g/mol. The second-order valence-corrected chi connectivity index (χ2v) is 6.56. The fraction of sp³-hybridized carbons (Fsp3) is 0.200. The molecule has 1 aromatic heterocycles. The molecule has 0 aliphatic rings. The first kappa shape index (κ1) is 18.1. The van der Waals surface area contributed by atoms with E-state index in [0.29, 0.717) is 11.6 Å². The van der Waals surface area contributed by atoms with Gasteiger partial charge in [-0.1, -0.05) is 23.7 Å². The molecule has 3 rings (SSSR count). The molecular formula is C20H19ClFN3O. The molecule has 0 fully saturated rings. The Kier molecular flexibility index (Phi) is 5.38. The van der Waals surface area contributed by atoms with Crippen LogP contribution in [-0.4, -0.2) is 15.7 Å². The van der Waals surface area contributed by atoms with Crippen LogP contribution in [0.2, 0.25) is 5.02 Å². The molecular weight excluding hydrogens is 353 g/mol. The standard InChI is InChI=1S/C20H19ClFN3O/c1-13-19(11-20(26)23-12-15-4-3-5-16(21)10-15)14(2)25(24-13)18-8-6-17(22)7-9-18/h3-10H,11-12H2,1-2H3,(H,23,26). The molecule has 0 saturated carbocycles. The van der Waals surface area contributed by atoms with Gasteiger partial charge in [0.25, 0.3) is 0 Å². The summed E-state index contributed by atoms with van der Waals surface area (Å²) in [6.07, 6.45) is 0.236. The van der Waals surface area contributed by atoms with Gasteiger partial charge in [0.05, 0.1) is 17.8 Å². The molecule has 0 spiro atoms. The zero-order chi connectivity index (χ0) is 18.7. The molecule has 1 N–H and O–H groups in total. The van der Waals surface area contributed by atoms with E-state index in [4.69, 9.17) is 11.6 Å². The van der Waals surface area contributed by atoms with Gasteiger partial charge in [-0.15, -0.1) is 0 Å². The van der Waals surface area contributed by atoms with Crippen molar-refractivity contribution in [2.24, 2.45) is 0 Å². The lowest BCUT2D eigenvalue weighted by Crippen LogP contribution is -2.25. The van der Waals surface area contributed by atoms with Crippen molar-refractivity contribution in [3.8, 4) is 5.69 Å². The van der Waals surface area contributed by atoms with Crippen LogP contribution in [0, 0.1) is 19.7 Å². The smallest absolute Gasteiger partial charge is 0.224 e. The minimum absolute atomic E-state index is 0.0881. The van der Waals surface area contributed by atoms with Crippen molar-refractivity contribution >= 4 is 17.5 Å². The molecule has 0 aliphatic carbocycles. The Labute approximate surface area is 156 Å². The third-order valence-electron chi connectivity index (χ3n) is 4.23. The monoisotopic (exact) mass is 371 g/mol. The summed E-state index contributed by atoms with van der Waals surface area (Å²) >= 11 is 5.96. The number of hydrogen-bond acceptors (Lipinski definition) is 2. The van der Waals surface area contributed by atoms with Crippen molar-refractivity contribution < 1.29 is 9.18 Å². The molecule has 0 bridgehead atoms. The van der Waals surface area contributed by atoms with E-state index >= 15 is 0 Å². The van der Waals surface area contributed by atoms with Crippen LogP contribution in [-0.2, 0) is 17.8 Å². The van der Waals surface area contributed by atoms with Crippen LogP contribution in [0.1, 0.15) is 22.5 Å². The Balaban J connectivity index is 1.71. The van der Waals surface area contributed by atoms with Crippen molar-refractivity contribution in [3.05, 3.63) is 81.9 Å². The number of amides is 1. The van der Waals surface area contributed by atoms with E-state index in [-0.39, 0.29) is 18.1 Å². The van der Waals surface area contributed by atoms with E-state index < -0.39 is 0 Å². The molecule has 134 valence electrons. The Morgan fingerprint density at radius 3 is 2.62 bits per heavy atom. The highest BCUT2D eigenvalue weighted by Crippen LogP contribution is 2.19. The molecule has 2 aromatic carbocycles. The summed E-state index contributed by atoms with van der Waals surface area (Å²) in [5.74, 6) is -0.384. The molecule has 0 saturated heterocycles. The maximum atomic E-state index is 13.1. The maximum absolute atomic E-state index is 13.1. The Bertz CT molecular complexity index is 935. The van der Waals surface area contributed by atoms with E-state index in [2.05, 4.69) is 10.4 Å². The predicted molar refractivity (Wildman–Crippen MR) is 100.0 cm³/mol. The van der Waals surface area contributed by atoms with Crippen molar-refractivity contribution in [1.29, 1.82) is 0 Å². The molecule has 0 unspecified atom stereocenters. The molecule has 3 aromatic rings. The largest absolute Gasteiger partial charge is 0.352 e. The number of halogens is 2. The minimum atomic E-state index is -0.295. The summed E-state index contributed by atoms with van der Waals surface area (Å²) in [4.78, 5) is 12.3. The van der Waals surface area contributed by atoms with Gasteiger partial charge in [-0.05, 0) is 55.8 Å². The first-order valence-electron chi connectivity index (χ1n) is 8.26. The summed E-state index contributed by atoms with van der Waals surface area (Å²) in [5.41, 5.74) is 4.23. The normalized spacial score (nSPS) is 10.8. The maximum Gasteiger partial charge on any atom is 0.224 e. The van der Waals surface area contributed by atoms with Gasteiger partial charge in [-0.3, -0.25) is 4.79 Å². The lowest BCUT2D eigenvalue weighted by molar-refractivity contribution is -0.120. The number of benzene rings is 2. The van der Waals surface area contributed by atoms with Crippen LogP contribution >= 0.6 is 11.6 Å². The van der Waals surface area contributed by atoms with Gasteiger partial charge in [0, 0.05) is 22.8 Å². The summed E-state index contributed by atoms with van der Waals surface area (Å²) < 4.78 is 14.8. The molecule has 0 aliphatic heterocycles.